The Morgan fingerprint density at radius 1 is 0.947 bits per heavy atom. The van der Waals surface area contributed by atoms with Gasteiger partial charge in [-0.1, -0.05) is 6.07 Å². The van der Waals surface area contributed by atoms with E-state index in [0.29, 0.717) is 67.8 Å². The van der Waals surface area contributed by atoms with Crippen LogP contribution >= 0.6 is 0 Å². The van der Waals surface area contributed by atoms with E-state index in [9.17, 15) is 4.79 Å². The minimum atomic E-state index is -0.312. The van der Waals surface area contributed by atoms with Gasteiger partial charge in [-0.15, -0.1) is 0 Å². The smallest absolute Gasteiger partial charge is 0.331 e. The number of carbonyl (C=O) groups excluding carboxylic acids is 1. The predicted molar refractivity (Wildman–Crippen MR) is 145 cm³/mol. The van der Waals surface area contributed by atoms with E-state index in [1.807, 2.05) is 25.1 Å². The maximum absolute atomic E-state index is 13.6. The van der Waals surface area contributed by atoms with Crippen molar-refractivity contribution in [1.29, 1.82) is 0 Å². The highest BCUT2D eigenvalue weighted by atomic mass is 16.5. The summed E-state index contributed by atoms with van der Waals surface area (Å²) in [6.07, 6.45) is 4.97. The van der Waals surface area contributed by atoms with Gasteiger partial charge in [0.25, 0.3) is 0 Å². The summed E-state index contributed by atoms with van der Waals surface area (Å²) in [6.45, 7) is 7.48. The summed E-state index contributed by atoms with van der Waals surface area (Å²) in [4.78, 5) is 35.8. The molecule has 0 unspecified atom stereocenters. The number of nitrogens with one attached hydrogen (secondary N) is 1. The molecule has 1 amide bonds. The molecular weight excluding hydrogens is 486 g/mol. The van der Waals surface area contributed by atoms with Crippen LogP contribution in [0.2, 0.25) is 0 Å². The Morgan fingerprint density at radius 2 is 1.63 bits per heavy atom. The number of nitrogens with zero attached hydrogens (tertiary/aromatic N) is 7. The maximum Gasteiger partial charge on any atom is 0.331 e. The van der Waals surface area contributed by atoms with Gasteiger partial charge in [0.1, 0.15) is 0 Å². The van der Waals surface area contributed by atoms with Gasteiger partial charge in [-0.05, 0) is 30.7 Å². The fraction of sp³-hybridized carbons (Fsp3) is 0.346. The third-order valence-electron chi connectivity index (χ3n) is 6.83. The molecule has 2 saturated heterocycles. The highest BCUT2D eigenvalue weighted by Gasteiger charge is 2.22. The lowest BCUT2D eigenvalue weighted by Gasteiger charge is -2.29. The fourth-order valence-corrected chi connectivity index (χ4v) is 4.69. The molecule has 6 rings (SSSR count). The molecule has 2 aliphatic heterocycles. The SMILES string of the molecule is Cc1ccc(N2CCOCC2)cc1NC(=O)n1ccc2c(-c3cnc(N)nc3)nc(N3CCOCC3)nc21. The molecule has 0 aliphatic carbocycles. The van der Waals surface area contributed by atoms with Gasteiger partial charge in [0.15, 0.2) is 5.65 Å². The summed E-state index contributed by atoms with van der Waals surface area (Å²) in [7, 11) is 0. The predicted octanol–water partition coefficient (Wildman–Crippen LogP) is 2.53. The molecule has 0 radical (unpaired) electrons. The van der Waals surface area contributed by atoms with Gasteiger partial charge in [0, 0.05) is 67.1 Å². The van der Waals surface area contributed by atoms with E-state index >= 15 is 0 Å². The number of aromatic nitrogens is 5. The van der Waals surface area contributed by atoms with E-state index < -0.39 is 0 Å². The molecule has 2 fully saturated rings. The first-order valence-corrected chi connectivity index (χ1v) is 12.6. The molecule has 196 valence electrons. The molecule has 38 heavy (non-hydrogen) atoms. The van der Waals surface area contributed by atoms with Crippen LogP contribution in [0.4, 0.5) is 28.1 Å². The van der Waals surface area contributed by atoms with Crippen LogP contribution in [-0.4, -0.2) is 83.1 Å². The van der Waals surface area contributed by atoms with Crippen LogP contribution in [0.3, 0.4) is 0 Å². The van der Waals surface area contributed by atoms with Crippen molar-refractivity contribution >= 4 is 40.3 Å². The van der Waals surface area contributed by atoms with Crippen molar-refractivity contribution in [3.8, 4) is 11.3 Å². The number of anilines is 4. The summed E-state index contributed by atoms with van der Waals surface area (Å²) < 4.78 is 12.5. The number of benzene rings is 1. The van der Waals surface area contributed by atoms with E-state index in [1.165, 1.54) is 4.57 Å². The van der Waals surface area contributed by atoms with Crippen LogP contribution in [0, 0.1) is 6.92 Å². The zero-order valence-electron chi connectivity index (χ0n) is 21.1. The maximum atomic E-state index is 13.6. The Bertz CT molecular complexity index is 1460. The molecule has 3 aromatic heterocycles. The second-order valence-electron chi connectivity index (χ2n) is 9.25. The molecule has 5 heterocycles. The normalized spacial score (nSPS) is 16.1. The second-order valence-corrected chi connectivity index (χ2v) is 9.25. The average Bonchev–Trinajstić information content (AvgIpc) is 3.39. The highest BCUT2D eigenvalue weighted by molar-refractivity contribution is 6.01. The molecule has 12 heteroatoms. The summed E-state index contributed by atoms with van der Waals surface area (Å²) in [5.74, 6) is 0.699. The van der Waals surface area contributed by atoms with Gasteiger partial charge < -0.3 is 30.3 Å². The number of carbonyl (C=O) groups is 1. The van der Waals surface area contributed by atoms with Crippen molar-refractivity contribution in [1.82, 2.24) is 24.5 Å². The Morgan fingerprint density at radius 3 is 2.34 bits per heavy atom. The number of morpholine rings is 2. The molecular formula is C26H29N9O3. The van der Waals surface area contributed by atoms with E-state index in [2.05, 4.69) is 31.2 Å². The number of nitrogens with two attached hydrogens (primary N) is 1. The van der Waals surface area contributed by atoms with Crippen LogP contribution in [-0.2, 0) is 9.47 Å². The highest BCUT2D eigenvalue weighted by Crippen LogP contribution is 2.30. The first kappa shape index (κ1) is 24.1. The summed E-state index contributed by atoms with van der Waals surface area (Å²) in [5, 5.41) is 3.79. The largest absolute Gasteiger partial charge is 0.378 e. The molecule has 0 spiro atoms. The molecule has 12 nitrogen and oxygen atoms in total. The van der Waals surface area contributed by atoms with Gasteiger partial charge in [0.2, 0.25) is 11.9 Å². The van der Waals surface area contributed by atoms with E-state index in [4.69, 9.17) is 25.2 Å². The third kappa shape index (κ3) is 4.71. The topological polar surface area (TPSA) is 137 Å². The average molecular weight is 516 g/mol. The van der Waals surface area contributed by atoms with Crippen molar-refractivity contribution in [3.63, 3.8) is 0 Å². The lowest BCUT2D eigenvalue weighted by molar-refractivity contribution is 0.122. The first-order valence-electron chi connectivity index (χ1n) is 12.6. The molecule has 2 aliphatic rings. The Labute approximate surface area is 219 Å². The minimum Gasteiger partial charge on any atom is -0.378 e. The Hall–Kier alpha value is -4.29. The van der Waals surface area contributed by atoms with Crippen molar-refractivity contribution < 1.29 is 14.3 Å². The molecule has 0 bridgehead atoms. The zero-order chi connectivity index (χ0) is 26.1. The van der Waals surface area contributed by atoms with Gasteiger partial charge in [-0.2, -0.15) is 4.98 Å². The number of rotatable bonds is 4. The number of amides is 1. The van der Waals surface area contributed by atoms with Crippen LogP contribution in [0.5, 0.6) is 0 Å². The summed E-state index contributed by atoms with van der Waals surface area (Å²) >= 11 is 0. The van der Waals surface area contributed by atoms with Crippen molar-refractivity contribution in [2.24, 2.45) is 0 Å². The van der Waals surface area contributed by atoms with Gasteiger partial charge in [0.05, 0.1) is 32.1 Å². The Kier molecular flexibility index (Phi) is 6.48. The monoisotopic (exact) mass is 515 g/mol. The van der Waals surface area contributed by atoms with Gasteiger partial charge in [-0.3, -0.25) is 4.57 Å². The Balaban J connectivity index is 1.37. The third-order valence-corrected chi connectivity index (χ3v) is 6.83. The van der Waals surface area contributed by atoms with Crippen molar-refractivity contribution in [2.45, 2.75) is 6.92 Å². The first-order chi connectivity index (χ1) is 18.6. The molecule has 0 atom stereocenters. The lowest BCUT2D eigenvalue weighted by Crippen LogP contribution is -2.37. The van der Waals surface area contributed by atoms with Crippen LogP contribution in [0.1, 0.15) is 5.56 Å². The zero-order valence-corrected chi connectivity index (χ0v) is 21.1. The van der Waals surface area contributed by atoms with Crippen LogP contribution < -0.4 is 20.9 Å². The number of nitrogen functional groups attached to an aromatic ring is 1. The van der Waals surface area contributed by atoms with Gasteiger partial charge in [-0.25, -0.2) is 19.7 Å². The van der Waals surface area contributed by atoms with Crippen molar-refractivity contribution in [3.05, 3.63) is 48.4 Å². The molecule has 3 N–H and O–H groups in total. The van der Waals surface area contributed by atoms with E-state index in [0.717, 1.165) is 30.0 Å². The summed E-state index contributed by atoms with van der Waals surface area (Å²) in [6, 6.07) is 7.63. The number of hydrogen-bond donors (Lipinski definition) is 2. The van der Waals surface area contributed by atoms with E-state index in [-0.39, 0.29) is 12.0 Å². The van der Waals surface area contributed by atoms with Crippen molar-refractivity contribution in [2.75, 3.05) is 73.5 Å². The molecule has 1 aromatic carbocycles. The fourth-order valence-electron chi connectivity index (χ4n) is 4.69. The van der Waals surface area contributed by atoms with Gasteiger partial charge >= 0.3 is 6.03 Å². The quantitative estimate of drug-likeness (QED) is 0.417. The second kappa shape index (κ2) is 10.2. The van der Waals surface area contributed by atoms with Crippen LogP contribution in [0.15, 0.2) is 42.9 Å². The number of aryl methyl sites for hydroxylation is 1. The minimum absolute atomic E-state index is 0.180. The van der Waals surface area contributed by atoms with Crippen LogP contribution in [0.25, 0.3) is 22.3 Å². The number of fused-ring (bicyclic) bond motifs is 1. The molecule has 0 saturated carbocycles. The van der Waals surface area contributed by atoms with E-state index in [1.54, 1.807) is 18.6 Å². The number of hydrogen-bond acceptors (Lipinski definition) is 10. The standard InChI is InChI=1S/C26H29N9O3/c1-17-2-3-19(33-6-10-37-11-7-33)14-21(17)30-26(36)35-5-4-20-22(18-15-28-24(27)29-16-18)31-25(32-23(20)35)34-8-12-38-13-9-34/h2-5,14-16H,6-13H2,1H3,(H,30,36)(H2,27,28,29). The molecule has 4 aromatic rings. The lowest BCUT2D eigenvalue weighted by atomic mass is 10.1. The number of ether oxygens (including phenoxy) is 2. The summed E-state index contributed by atoms with van der Waals surface area (Å²) in [5.41, 5.74) is 10.3.